The smallest absolute Gasteiger partial charge is 0.370 e. The Hall–Kier alpha value is -0.970. The second-order valence-electron chi connectivity index (χ2n) is 2.99. The van der Waals surface area contributed by atoms with Crippen LogP contribution in [-0.4, -0.2) is 17.7 Å². The molecule has 0 amide bonds. The summed E-state index contributed by atoms with van der Waals surface area (Å²) in [6, 6.07) is 4.93. The van der Waals surface area contributed by atoms with Gasteiger partial charge in [0.2, 0.25) is 0 Å². The minimum atomic E-state index is -4.09. The summed E-state index contributed by atoms with van der Waals surface area (Å²) in [7, 11) is 0. The Kier molecular flexibility index (Phi) is 4.20. The zero-order valence-corrected chi connectivity index (χ0v) is 8.57. The number of nitrogens with zero attached hydrogens (tertiary/aromatic N) is 1. The first-order chi connectivity index (χ1) is 6.97. The van der Waals surface area contributed by atoms with Crippen LogP contribution in [0, 0.1) is 0 Å². The van der Waals surface area contributed by atoms with Gasteiger partial charge in [0.15, 0.2) is 0 Å². The minimum absolute atomic E-state index is 0.0255. The van der Waals surface area contributed by atoms with Crippen molar-refractivity contribution in [2.45, 2.75) is 19.0 Å². The van der Waals surface area contributed by atoms with E-state index in [1.54, 1.807) is 18.2 Å². The molecule has 0 saturated carbocycles. The topological polar surface area (TPSA) is 24.9 Å². The Bertz CT molecular complexity index is 314. The van der Waals surface area contributed by atoms with Crippen LogP contribution in [-0.2, 0) is 0 Å². The van der Waals surface area contributed by atoms with Crippen molar-refractivity contribution in [1.29, 1.82) is 0 Å². The van der Waals surface area contributed by atoms with Gasteiger partial charge in [-0.25, -0.2) is 4.98 Å². The summed E-state index contributed by atoms with van der Waals surface area (Å²) in [6.07, 6.45) is -4.86. The summed E-state index contributed by atoms with van der Waals surface area (Å²) in [5.41, 5.74) is 0. The second kappa shape index (κ2) is 5.21. The molecule has 1 aromatic rings. The van der Waals surface area contributed by atoms with Crippen molar-refractivity contribution in [3.8, 4) is 0 Å². The van der Waals surface area contributed by atoms with E-state index in [0.717, 1.165) is 0 Å². The molecule has 0 saturated heterocycles. The van der Waals surface area contributed by atoms with E-state index >= 15 is 0 Å². The molecule has 0 aliphatic heterocycles. The van der Waals surface area contributed by atoms with Gasteiger partial charge in [-0.15, -0.1) is 0 Å². The van der Waals surface area contributed by atoms with Gasteiger partial charge in [-0.2, -0.15) is 13.2 Å². The van der Waals surface area contributed by atoms with Crippen molar-refractivity contribution in [3.63, 3.8) is 0 Å². The lowest BCUT2D eigenvalue weighted by molar-refractivity contribution is -0.134. The van der Waals surface area contributed by atoms with Crippen LogP contribution in [0.25, 0.3) is 0 Å². The Morgan fingerprint density at radius 1 is 1.33 bits per heavy atom. The third-order valence-electron chi connectivity index (χ3n) is 1.66. The first-order valence-corrected chi connectivity index (χ1v) is 4.78. The maximum atomic E-state index is 11.8. The van der Waals surface area contributed by atoms with E-state index in [-0.39, 0.29) is 13.0 Å². The molecule has 0 radical (unpaired) electrons. The van der Waals surface area contributed by atoms with Gasteiger partial charge in [-0.05, 0) is 18.6 Å². The zero-order chi connectivity index (χ0) is 11.3. The van der Waals surface area contributed by atoms with Gasteiger partial charge in [0.05, 0.1) is 0 Å². The maximum Gasteiger partial charge on any atom is 0.389 e. The maximum absolute atomic E-state index is 11.8. The van der Waals surface area contributed by atoms with Crippen molar-refractivity contribution in [2.24, 2.45) is 0 Å². The molecule has 0 unspecified atom stereocenters. The number of alkyl halides is 3. The first kappa shape index (κ1) is 12.1. The van der Waals surface area contributed by atoms with Crippen LogP contribution in [0.4, 0.5) is 19.0 Å². The number of hydrogen-bond acceptors (Lipinski definition) is 2. The molecule has 0 atom stereocenters. The van der Waals surface area contributed by atoms with Gasteiger partial charge in [-0.3, -0.25) is 0 Å². The van der Waals surface area contributed by atoms with E-state index < -0.39 is 12.6 Å². The number of hydrogen-bond donors (Lipinski definition) is 1. The van der Waals surface area contributed by atoms with Crippen LogP contribution >= 0.6 is 11.6 Å². The normalized spacial score (nSPS) is 11.5. The highest BCUT2D eigenvalue weighted by Crippen LogP contribution is 2.21. The predicted octanol–water partition coefficient (Wildman–Crippen LogP) is 3.49. The van der Waals surface area contributed by atoms with E-state index in [0.29, 0.717) is 11.0 Å². The fraction of sp³-hybridized carbons (Fsp3) is 0.444. The Morgan fingerprint density at radius 3 is 2.67 bits per heavy atom. The number of rotatable bonds is 4. The highest BCUT2D eigenvalue weighted by molar-refractivity contribution is 6.29. The number of pyridine rings is 1. The largest absolute Gasteiger partial charge is 0.389 e. The molecular weight excluding hydrogens is 229 g/mol. The number of nitrogens with one attached hydrogen (secondary N) is 1. The van der Waals surface area contributed by atoms with E-state index in [4.69, 9.17) is 11.6 Å². The second-order valence-corrected chi connectivity index (χ2v) is 3.38. The minimum Gasteiger partial charge on any atom is -0.370 e. The Morgan fingerprint density at radius 2 is 2.07 bits per heavy atom. The van der Waals surface area contributed by atoms with E-state index in [9.17, 15) is 13.2 Å². The molecule has 6 heteroatoms. The number of anilines is 1. The number of aromatic nitrogens is 1. The Labute approximate surface area is 90.5 Å². The van der Waals surface area contributed by atoms with E-state index in [1.807, 2.05) is 0 Å². The molecule has 0 aliphatic carbocycles. The molecule has 0 bridgehead atoms. The van der Waals surface area contributed by atoms with Crippen molar-refractivity contribution in [3.05, 3.63) is 23.4 Å². The van der Waals surface area contributed by atoms with Crippen LogP contribution in [0.1, 0.15) is 12.8 Å². The van der Waals surface area contributed by atoms with Gasteiger partial charge < -0.3 is 5.32 Å². The molecule has 0 aromatic carbocycles. The van der Waals surface area contributed by atoms with Gasteiger partial charge in [0, 0.05) is 13.0 Å². The van der Waals surface area contributed by atoms with Crippen LogP contribution < -0.4 is 5.32 Å². The van der Waals surface area contributed by atoms with Gasteiger partial charge >= 0.3 is 6.18 Å². The zero-order valence-electron chi connectivity index (χ0n) is 7.81. The molecule has 84 valence electrons. The van der Waals surface area contributed by atoms with Crippen LogP contribution in [0.2, 0.25) is 5.15 Å². The predicted molar refractivity (Wildman–Crippen MR) is 53.0 cm³/mol. The molecule has 1 rings (SSSR count). The lowest BCUT2D eigenvalue weighted by Crippen LogP contribution is -2.11. The Balaban J connectivity index is 2.26. The summed E-state index contributed by atoms with van der Waals surface area (Å²) in [6.45, 7) is 0.229. The molecule has 15 heavy (non-hydrogen) atoms. The first-order valence-electron chi connectivity index (χ1n) is 4.40. The molecule has 1 N–H and O–H groups in total. The van der Waals surface area contributed by atoms with E-state index in [1.165, 1.54) is 0 Å². The molecule has 1 aromatic heterocycles. The van der Waals surface area contributed by atoms with Crippen molar-refractivity contribution in [2.75, 3.05) is 11.9 Å². The van der Waals surface area contributed by atoms with Crippen molar-refractivity contribution >= 4 is 17.4 Å². The van der Waals surface area contributed by atoms with Crippen LogP contribution in [0.3, 0.4) is 0 Å². The number of halogens is 4. The molecule has 0 fully saturated rings. The van der Waals surface area contributed by atoms with Crippen molar-refractivity contribution < 1.29 is 13.2 Å². The average molecular weight is 239 g/mol. The molecule has 1 heterocycles. The molecule has 0 spiro atoms. The van der Waals surface area contributed by atoms with Crippen molar-refractivity contribution in [1.82, 2.24) is 4.98 Å². The summed E-state index contributed by atoms with van der Waals surface area (Å²) >= 11 is 5.60. The monoisotopic (exact) mass is 238 g/mol. The SMILES string of the molecule is FC(F)(F)CCCNc1cccc(Cl)n1. The summed E-state index contributed by atoms with van der Waals surface area (Å²) < 4.78 is 35.3. The third-order valence-corrected chi connectivity index (χ3v) is 1.87. The summed E-state index contributed by atoms with van der Waals surface area (Å²) in [5.74, 6) is 0.490. The molecular formula is C9H10ClF3N2. The summed E-state index contributed by atoms with van der Waals surface area (Å²) in [4.78, 5) is 3.88. The van der Waals surface area contributed by atoms with Gasteiger partial charge in [0.25, 0.3) is 0 Å². The average Bonchev–Trinajstić information content (AvgIpc) is 2.11. The molecule has 2 nitrogen and oxygen atoms in total. The lowest BCUT2D eigenvalue weighted by Gasteiger charge is -2.07. The highest BCUT2D eigenvalue weighted by Gasteiger charge is 2.25. The third kappa shape index (κ3) is 5.47. The van der Waals surface area contributed by atoms with Crippen LogP contribution in [0.15, 0.2) is 18.2 Å². The standard InChI is InChI=1S/C9H10ClF3N2/c10-7-3-1-4-8(15-7)14-6-2-5-9(11,12)13/h1,3-4H,2,5-6H2,(H,14,15). The van der Waals surface area contributed by atoms with E-state index in [2.05, 4.69) is 10.3 Å². The quantitative estimate of drug-likeness (QED) is 0.642. The lowest BCUT2D eigenvalue weighted by atomic mass is 10.3. The van der Waals surface area contributed by atoms with Gasteiger partial charge in [0.1, 0.15) is 11.0 Å². The summed E-state index contributed by atoms with van der Waals surface area (Å²) in [5, 5.41) is 3.08. The fourth-order valence-electron chi connectivity index (χ4n) is 1.01. The van der Waals surface area contributed by atoms with Gasteiger partial charge in [-0.1, -0.05) is 17.7 Å². The van der Waals surface area contributed by atoms with Crippen LogP contribution in [0.5, 0.6) is 0 Å². The fourth-order valence-corrected chi connectivity index (χ4v) is 1.18. The highest BCUT2D eigenvalue weighted by atomic mass is 35.5. The molecule has 0 aliphatic rings.